The van der Waals surface area contributed by atoms with Crippen molar-refractivity contribution in [2.45, 2.75) is 76.9 Å². The van der Waals surface area contributed by atoms with Crippen LogP contribution in [0.25, 0.3) is 0 Å². The summed E-state index contributed by atoms with van der Waals surface area (Å²) in [6.07, 6.45) is 19.4. The Kier molecular flexibility index (Phi) is 10.2. The maximum atomic E-state index is 12.4. The molecule has 0 bridgehead atoms. The highest BCUT2D eigenvalue weighted by molar-refractivity contribution is 6.00. The van der Waals surface area contributed by atoms with Crippen LogP contribution in [0.15, 0.2) is 54.6 Å². The van der Waals surface area contributed by atoms with Gasteiger partial charge in [-0.2, -0.15) is 0 Å². The maximum absolute atomic E-state index is 12.4. The topological polar surface area (TPSA) is 46.5 Å². The van der Waals surface area contributed by atoms with Gasteiger partial charge in [-0.25, -0.2) is 0 Å². The highest BCUT2D eigenvalue weighted by atomic mass is 16.6. The molecule has 0 heterocycles. The monoisotopic (exact) mass is 384 g/mol. The smallest absolute Gasteiger partial charge is 0.205 e. The second-order valence-electron chi connectivity index (χ2n) is 7.76. The number of allylic oxidation sites excluding steroid dienone is 2. The van der Waals surface area contributed by atoms with Crippen LogP contribution < -0.4 is 0 Å². The quantitative estimate of drug-likeness (QED) is 0.179. The molecule has 2 rings (SSSR count). The Balaban J connectivity index is 1.57. The molecule has 0 radical (unpaired) electrons. The third kappa shape index (κ3) is 8.12. The Hall–Kier alpha value is -1.71. The lowest BCUT2D eigenvalue weighted by Crippen LogP contribution is -2.31. The molecule has 3 nitrogen and oxygen atoms in total. The summed E-state index contributed by atoms with van der Waals surface area (Å²) in [4.78, 5) is 12.4. The summed E-state index contributed by atoms with van der Waals surface area (Å²) in [6, 6.07) is 9.23. The molecule has 0 saturated heterocycles. The summed E-state index contributed by atoms with van der Waals surface area (Å²) < 4.78 is 5.65. The van der Waals surface area contributed by atoms with E-state index in [1.807, 2.05) is 30.3 Å². The van der Waals surface area contributed by atoms with Gasteiger partial charge in [0.15, 0.2) is 5.78 Å². The molecule has 1 aromatic rings. The number of benzene rings is 1. The van der Waals surface area contributed by atoms with Crippen molar-refractivity contribution in [3.63, 3.8) is 0 Å². The lowest BCUT2D eigenvalue weighted by Gasteiger charge is -2.25. The van der Waals surface area contributed by atoms with Crippen LogP contribution in [0.5, 0.6) is 0 Å². The molecule has 0 unspecified atom stereocenters. The Labute approximate surface area is 170 Å². The van der Waals surface area contributed by atoms with E-state index in [0.717, 1.165) is 12.8 Å². The van der Waals surface area contributed by atoms with E-state index < -0.39 is 5.79 Å². The number of aliphatic hydroxyl groups is 1. The number of ether oxygens (including phenoxy) is 1. The molecule has 0 fully saturated rings. The van der Waals surface area contributed by atoms with Crippen molar-refractivity contribution in [1.82, 2.24) is 0 Å². The third-order valence-electron chi connectivity index (χ3n) is 5.28. The first kappa shape index (κ1) is 22.6. The third-order valence-corrected chi connectivity index (χ3v) is 5.28. The van der Waals surface area contributed by atoms with Crippen molar-refractivity contribution in [1.29, 1.82) is 0 Å². The van der Waals surface area contributed by atoms with Crippen LogP contribution in [-0.4, -0.2) is 23.3 Å². The van der Waals surface area contributed by atoms with E-state index in [4.69, 9.17) is 4.74 Å². The van der Waals surface area contributed by atoms with E-state index in [1.165, 1.54) is 51.4 Å². The van der Waals surface area contributed by atoms with Crippen LogP contribution in [0.1, 0.15) is 81.5 Å². The number of Topliss-reactive ketones (excluding diaryl/α,β-unsaturated/α-hetero) is 1. The summed E-state index contributed by atoms with van der Waals surface area (Å²) in [7, 11) is 0. The fraction of sp³-hybridized carbons (Fsp3) is 0.560. The molecule has 3 heteroatoms. The first-order chi connectivity index (χ1) is 13.6. The Bertz CT molecular complexity index is 604. The molecule has 1 aliphatic carbocycles. The summed E-state index contributed by atoms with van der Waals surface area (Å²) in [5, 5.41) is 10.5. The Morgan fingerprint density at radius 2 is 1.43 bits per heavy atom. The number of rotatable bonds is 14. The second kappa shape index (κ2) is 12.7. The largest absolute Gasteiger partial charge is 0.359 e. The minimum atomic E-state index is -1.38. The van der Waals surface area contributed by atoms with Crippen LogP contribution in [0.3, 0.4) is 0 Å². The number of carbonyl (C=O) groups excluding carboxylic acids is 1. The van der Waals surface area contributed by atoms with Gasteiger partial charge in [-0.1, -0.05) is 107 Å². The zero-order chi connectivity index (χ0) is 20.1. The van der Waals surface area contributed by atoms with Crippen molar-refractivity contribution in [2.24, 2.45) is 5.92 Å². The SMILES string of the molecule is CCCCCCCCCCCCOC1(O)C=CC(C(=O)c2ccccc2)C=C1. The first-order valence-corrected chi connectivity index (χ1v) is 11.0. The average molecular weight is 385 g/mol. The van der Waals surface area contributed by atoms with Crippen molar-refractivity contribution >= 4 is 5.78 Å². The molecular weight excluding hydrogens is 348 g/mol. The van der Waals surface area contributed by atoms with Crippen LogP contribution in [0, 0.1) is 5.92 Å². The molecule has 0 spiro atoms. The van der Waals surface area contributed by atoms with E-state index in [1.54, 1.807) is 24.3 Å². The predicted octanol–water partition coefficient (Wildman–Crippen LogP) is 6.24. The molecule has 28 heavy (non-hydrogen) atoms. The van der Waals surface area contributed by atoms with E-state index in [-0.39, 0.29) is 11.7 Å². The molecule has 0 saturated carbocycles. The summed E-state index contributed by atoms with van der Waals surface area (Å²) in [5.41, 5.74) is 0.679. The summed E-state index contributed by atoms with van der Waals surface area (Å²) in [6.45, 7) is 2.78. The zero-order valence-electron chi connectivity index (χ0n) is 17.3. The van der Waals surface area contributed by atoms with Gasteiger partial charge in [-0.15, -0.1) is 0 Å². The fourth-order valence-electron chi connectivity index (χ4n) is 3.49. The number of carbonyl (C=O) groups is 1. The zero-order valence-corrected chi connectivity index (χ0v) is 17.3. The molecule has 0 amide bonds. The highest BCUT2D eigenvalue weighted by Gasteiger charge is 2.27. The van der Waals surface area contributed by atoms with Crippen LogP contribution in [-0.2, 0) is 4.74 Å². The molecule has 1 aliphatic rings. The average Bonchev–Trinajstić information content (AvgIpc) is 2.73. The van der Waals surface area contributed by atoms with Gasteiger partial charge < -0.3 is 9.84 Å². The molecule has 0 atom stereocenters. The van der Waals surface area contributed by atoms with E-state index >= 15 is 0 Å². The van der Waals surface area contributed by atoms with Gasteiger partial charge in [0.25, 0.3) is 0 Å². The van der Waals surface area contributed by atoms with Crippen molar-refractivity contribution < 1.29 is 14.6 Å². The van der Waals surface area contributed by atoms with E-state index in [9.17, 15) is 9.90 Å². The van der Waals surface area contributed by atoms with Gasteiger partial charge in [-0.05, 0) is 18.6 Å². The molecule has 154 valence electrons. The minimum absolute atomic E-state index is 0.0323. The van der Waals surface area contributed by atoms with Crippen LogP contribution in [0.2, 0.25) is 0 Å². The highest BCUT2D eigenvalue weighted by Crippen LogP contribution is 2.23. The van der Waals surface area contributed by atoms with Gasteiger partial charge in [0, 0.05) is 5.56 Å². The summed E-state index contributed by atoms with van der Waals surface area (Å²) >= 11 is 0. The lowest BCUT2D eigenvalue weighted by atomic mass is 9.92. The van der Waals surface area contributed by atoms with Crippen molar-refractivity contribution in [2.75, 3.05) is 6.61 Å². The van der Waals surface area contributed by atoms with Gasteiger partial charge in [-0.3, -0.25) is 4.79 Å². The normalized spacial score (nSPS) is 21.1. The summed E-state index contributed by atoms with van der Waals surface area (Å²) in [5.74, 6) is -1.69. The molecule has 1 aromatic carbocycles. The number of unbranched alkanes of at least 4 members (excludes halogenated alkanes) is 9. The van der Waals surface area contributed by atoms with Gasteiger partial charge in [0.05, 0.1) is 12.5 Å². The Morgan fingerprint density at radius 1 is 0.893 bits per heavy atom. The lowest BCUT2D eigenvalue weighted by molar-refractivity contribution is -0.132. The number of hydrogen-bond donors (Lipinski definition) is 1. The van der Waals surface area contributed by atoms with Crippen molar-refractivity contribution in [3.05, 3.63) is 60.2 Å². The van der Waals surface area contributed by atoms with Gasteiger partial charge >= 0.3 is 0 Å². The van der Waals surface area contributed by atoms with E-state index in [2.05, 4.69) is 6.92 Å². The van der Waals surface area contributed by atoms with Crippen molar-refractivity contribution in [3.8, 4) is 0 Å². The number of ketones is 1. The number of hydrogen-bond acceptors (Lipinski definition) is 3. The Morgan fingerprint density at radius 3 is 2.00 bits per heavy atom. The molecule has 1 N–H and O–H groups in total. The van der Waals surface area contributed by atoms with Crippen LogP contribution in [0.4, 0.5) is 0 Å². The molecule has 0 aliphatic heterocycles. The van der Waals surface area contributed by atoms with Gasteiger partial charge in [0.1, 0.15) is 0 Å². The maximum Gasteiger partial charge on any atom is 0.205 e. The van der Waals surface area contributed by atoms with E-state index in [0.29, 0.717) is 12.2 Å². The molecule has 0 aromatic heterocycles. The predicted molar refractivity (Wildman–Crippen MR) is 115 cm³/mol. The van der Waals surface area contributed by atoms with Gasteiger partial charge in [0.2, 0.25) is 5.79 Å². The standard InChI is InChI=1S/C25H36O3/c1-2-3-4-5-6-7-8-9-10-14-21-28-25(27)19-17-23(18-20-25)24(26)22-15-12-11-13-16-22/h11-13,15-20,23,27H,2-10,14,21H2,1H3. The minimum Gasteiger partial charge on any atom is -0.359 e. The fourth-order valence-corrected chi connectivity index (χ4v) is 3.49. The molecular formula is C25H36O3. The van der Waals surface area contributed by atoms with Crippen LogP contribution >= 0.6 is 0 Å². The first-order valence-electron chi connectivity index (χ1n) is 11.0. The second-order valence-corrected chi connectivity index (χ2v) is 7.76.